The molecule has 0 unspecified atom stereocenters. The van der Waals surface area contributed by atoms with Gasteiger partial charge in [0.05, 0.1) is 17.8 Å². The number of hydrogen-bond donors (Lipinski definition) is 1. The van der Waals surface area contributed by atoms with Crippen LogP contribution in [-0.4, -0.2) is 12.1 Å². The van der Waals surface area contributed by atoms with Crippen molar-refractivity contribution in [3.8, 4) is 11.8 Å². The number of ether oxygens (including phenoxy) is 1. The highest BCUT2D eigenvalue weighted by Crippen LogP contribution is 2.27. The van der Waals surface area contributed by atoms with E-state index in [1.807, 2.05) is 73.7 Å². The minimum atomic E-state index is -0.264. The van der Waals surface area contributed by atoms with Crippen LogP contribution in [0.15, 0.2) is 90.0 Å². The second-order valence-corrected chi connectivity index (χ2v) is 7.31. The fraction of sp³-hybridized carbons (Fsp3) is 0.0741. The average Bonchev–Trinajstić information content (AvgIpc) is 2.83. The molecule has 0 spiro atoms. The molecule has 0 saturated carbocycles. The van der Waals surface area contributed by atoms with Crippen LogP contribution in [0.4, 0.5) is 0 Å². The maximum atomic E-state index is 12.5. The molecule has 4 aromatic rings. The van der Waals surface area contributed by atoms with Crippen molar-refractivity contribution in [3.63, 3.8) is 0 Å². The Morgan fingerprint density at radius 2 is 1.75 bits per heavy atom. The van der Waals surface area contributed by atoms with Crippen LogP contribution in [0.3, 0.4) is 0 Å². The highest BCUT2D eigenvalue weighted by molar-refractivity contribution is 6.03. The highest BCUT2D eigenvalue weighted by Gasteiger charge is 2.10. The number of hydrogen-bond acceptors (Lipinski definition) is 4. The number of nitrogens with one attached hydrogen (secondary N) is 1. The lowest BCUT2D eigenvalue weighted by Crippen LogP contribution is -2.18. The normalized spacial score (nSPS) is 10.8. The number of aryl methyl sites for hydroxylation is 1. The van der Waals surface area contributed by atoms with Gasteiger partial charge in [0.1, 0.15) is 12.4 Å². The lowest BCUT2D eigenvalue weighted by molar-refractivity contribution is 0.0954. The zero-order chi connectivity index (χ0) is 22.3. The third kappa shape index (κ3) is 4.66. The summed E-state index contributed by atoms with van der Waals surface area (Å²) in [5.74, 6) is 0.390. The summed E-state index contributed by atoms with van der Waals surface area (Å²) in [5.41, 5.74) is 6.42. The molecule has 0 aromatic heterocycles. The maximum absolute atomic E-state index is 12.5. The van der Waals surface area contributed by atoms with Crippen molar-refractivity contribution in [2.45, 2.75) is 13.5 Å². The molecule has 5 nitrogen and oxygen atoms in total. The van der Waals surface area contributed by atoms with E-state index in [0.717, 1.165) is 27.5 Å². The first kappa shape index (κ1) is 20.8. The molecule has 4 rings (SSSR count). The summed E-state index contributed by atoms with van der Waals surface area (Å²) in [6, 6.07) is 28.6. The fourth-order valence-electron chi connectivity index (χ4n) is 3.41. The molecule has 4 aromatic carbocycles. The molecule has 0 aliphatic rings. The topological polar surface area (TPSA) is 74.5 Å². The van der Waals surface area contributed by atoms with Gasteiger partial charge in [-0.15, -0.1) is 0 Å². The van der Waals surface area contributed by atoms with E-state index in [4.69, 9.17) is 10.00 Å². The number of nitriles is 1. The molecule has 0 bridgehead atoms. The van der Waals surface area contributed by atoms with Crippen LogP contribution in [0.1, 0.15) is 32.6 Å². The third-order valence-electron chi connectivity index (χ3n) is 5.16. The van der Waals surface area contributed by atoms with Gasteiger partial charge in [0, 0.05) is 11.1 Å². The first-order valence-electron chi connectivity index (χ1n) is 10.2. The summed E-state index contributed by atoms with van der Waals surface area (Å²) < 4.78 is 6.08. The Morgan fingerprint density at radius 1 is 1.00 bits per heavy atom. The van der Waals surface area contributed by atoms with E-state index in [1.165, 1.54) is 0 Å². The molecule has 156 valence electrons. The first-order valence-corrected chi connectivity index (χ1v) is 10.2. The lowest BCUT2D eigenvalue weighted by atomic mass is 10.0. The highest BCUT2D eigenvalue weighted by atomic mass is 16.5. The zero-order valence-electron chi connectivity index (χ0n) is 17.6. The SMILES string of the molecule is Cc1ccccc1C(=O)N/N=C/c1c(OCc2ccc(C#N)cc2)ccc2ccccc12. The summed E-state index contributed by atoms with van der Waals surface area (Å²) in [6.07, 6.45) is 1.62. The number of benzene rings is 4. The third-order valence-corrected chi connectivity index (χ3v) is 5.16. The van der Waals surface area contributed by atoms with E-state index >= 15 is 0 Å². The van der Waals surface area contributed by atoms with Crippen LogP contribution < -0.4 is 10.2 Å². The number of fused-ring (bicyclic) bond motifs is 1. The minimum absolute atomic E-state index is 0.264. The Morgan fingerprint density at radius 3 is 2.53 bits per heavy atom. The molecular weight excluding hydrogens is 398 g/mol. The number of carbonyl (C=O) groups is 1. The summed E-state index contributed by atoms with van der Waals surface area (Å²) in [5, 5.41) is 15.2. The van der Waals surface area contributed by atoms with E-state index in [2.05, 4.69) is 16.6 Å². The monoisotopic (exact) mass is 419 g/mol. The maximum Gasteiger partial charge on any atom is 0.271 e. The Bertz CT molecular complexity index is 1340. The summed E-state index contributed by atoms with van der Waals surface area (Å²) >= 11 is 0. The Kier molecular flexibility index (Phi) is 6.24. The Labute approximate surface area is 186 Å². The predicted octanol–water partition coefficient (Wildman–Crippen LogP) is 5.36. The molecule has 0 heterocycles. The lowest BCUT2D eigenvalue weighted by Gasteiger charge is -2.12. The van der Waals surface area contributed by atoms with E-state index in [-0.39, 0.29) is 5.91 Å². The molecule has 0 aliphatic heterocycles. The number of nitrogens with zero attached hydrogens (tertiary/aromatic N) is 2. The summed E-state index contributed by atoms with van der Waals surface area (Å²) in [6.45, 7) is 2.24. The van der Waals surface area contributed by atoms with Crippen molar-refractivity contribution in [3.05, 3.63) is 113 Å². The van der Waals surface area contributed by atoms with Gasteiger partial charge in [-0.3, -0.25) is 4.79 Å². The van der Waals surface area contributed by atoms with E-state index in [9.17, 15) is 4.79 Å². The van der Waals surface area contributed by atoms with Crippen molar-refractivity contribution in [1.29, 1.82) is 5.26 Å². The number of carbonyl (C=O) groups excluding carboxylic acids is 1. The molecule has 0 aliphatic carbocycles. The van der Waals surface area contributed by atoms with E-state index in [0.29, 0.717) is 23.5 Å². The quantitative estimate of drug-likeness (QED) is 0.338. The van der Waals surface area contributed by atoms with Gasteiger partial charge in [-0.1, -0.05) is 60.7 Å². The smallest absolute Gasteiger partial charge is 0.271 e. The van der Waals surface area contributed by atoms with Gasteiger partial charge < -0.3 is 4.74 Å². The number of rotatable bonds is 6. The Balaban J connectivity index is 1.58. The Hall–Kier alpha value is -4.43. The second kappa shape index (κ2) is 9.59. The fourth-order valence-corrected chi connectivity index (χ4v) is 3.41. The van der Waals surface area contributed by atoms with Gasteiger partial charge in [0.25, 0.3) is 5.91 Å². The molecule has 0 radical (unpaired) electrons. The summed E-state index contributed by atoms with van der Waals surface area (Å²) in [7, 11) is 0. The number of amides is 1. The van der Waals surface area contributed by atoms with Gasteiger partial charge >= 0.3 is 0 Å². The van der Waals surface area contributed by atoms with Gasteiger partial charge in [-0.05, 0) is 53.1 Å². The predicted molar refractivity (Wildman–Crippen MR) is 126 cm³/mol. The standard InChI is InChI=1S/C27H21N3O2/c1-19-6-2-4-8-23(19)27(31)30-29-17-25-24-9-5-3-7-22(24)14-15-26(25)32-18-21-12-10-20(16-28)11-13-21/h2-15,17H,18H2,1H3,(H,30,31)/b29-17+. The van der Waals surface area contributed by atoms with Gasteiger partial charge in [0.15, 0.2) is 0 Å². The largest absolute Gasteiger partial charge is 0.488 e. The molecular formula is C27H21N3O2. The molecule has 1 N–H and O–H groups in total. The van der Waals surface area contributed by atoms with E-state index < -0.39 is 0 Å². The summed E-state index contributed by atoms with van der Waals surface area (Å²) in [4.78, 5) is 12.5. The van der Waals surface area contributed by atoms with E-state index in [1.54, 1.807) is 24.4 Å². The molecule has 0 atom stereocenters. The van der Waals surface area contributed by atoms with Crippen molar-refractivity contribution < 1.29 is 9.53 Å². The van der Waals surface area contributed by atoms with Crippen molar-refractivity contribution in [2.75, 3.05) is 0 Å². The van der Waals surface area contributed by atoms with Crippen LogP contribution in [0.25, 0.3) is 10.8 Å². The van der Waals surface area contributed by atoms with Gasteiger partial charge in [0.2, 0.25) is 0 Å². The number of hydrazone groups is 1. The average molecular weight is 419 g/mol. The molecule has 0 fully saturated rings. The van der Waals surface area contributed by atoms with Crippen molar-refractivity contribution in [2.24, 2.45) is 5.10 Å². The second-order valence-electron chi connectivity index (χ2n) is 7.31. The van der Waals surface area contributed by atoms with Crippen LogP contribution >= 0.6 is 0 Å². The van der Waals surface area contributed by atoms with Crippen LogP contribution in [0, 0.1) is 18.3 Å². The minimum Gasteiger partial charge on any atom is -0.488 e. The van der Waals surface area contributed by atoms with Crippen molar-refractivity contribution >= 4 is 22.9 Å². The first-order chi connectivity index (χ1) is 15.7. The van der Waals surface area contributed by atoms with Crippen LogP contribution in [-0.2, 0) is 6.61 Å². The van der Waals surface area contributed by atoms with Crippen LogP contribution in [0.2, 0.25) is 0 Å². The molecule has 5 heteroatoms. The van der Waals surface area contributed by atoms with Gasteiger partial charge in [-0.25, -0.2) is 5.43 Å². The molecule has 32 heavy (non-hydrogen) atoms. The zero-order valence-corrected chi connectivity index (χ0v) is 17.6. The molecule has 1 amide bonds. The van der Waals surface area contributed by atoms with Crippen molar-refractivity contribution in [1.82, 2.24) is 5.43 Å². The molecule has 0 saturated heterocycles. The van der Waals surface area contributed by atoms with Gasteiger partial charge in [-0.2, -0.15) is 10.4 Å². The van der Waals surface area contributed by atoms with Crippen LogP contribution in [0.5, 0.6) is 5.75 Å².